The first-order chi connectivity index (χ1) is 7.36. The standard InChI is InChI=1S/C12H13N3/c1-13-11-10(8-15-12(11)4-5-12)9-3-2-6-14-7-9/h2-3,6-7,10-11,15H,4-5,8H2/t10-,11-/m0/s1. The Morgan fingerprint density at radius 2 is 2.40 bits per heavy atom. The summed E-state index contributed by atoms with van der Waals surface area (Å²) in [5.74, 6) is 0.332. The molecule has 76 valence electrons. The van der Waals surface area contributed by atoms with E-state index >= 15 is 0 Å². The van der Waals surface area contributed by atoms with Crippen LogP contribution in [-0.2, 0) is 0 Å². The van der Waals surface area contributed by atoms with Gasteiger partial charge >= 0.3 is 0 Å². The lowest BCUT2D eigenvalue weighted by Crippen LogP contribution is -2.31. The monoisotopic (exact) mass is 199 g/mol. The van der Waals surface area contributed by atoms with Crippen LogP contribution in [0.3, 0.4) is 0 Å². The molecule has 2 atom stereocenters. The Hall–Kier alpha value is -1.40. The average molecular weight is 199 g/mol. The normalized spacial score (nSPS) is 31.4. The van der Waals surface area contributed by atoms with E-state index in [-0.39, 0.29) is 11.6 Å². The van der Waals surface area contributed by atoms with Gasteiger partial charge in [-0.1, -0.05) is 6.07 Å². The Labute approximate surface area is 89.3 Å². The Morgan fingerprint density at radius 1 is 1.53 bits per heavy atom. The average Bonchev–Trinajstić information content (AvgIpc) is 2.95. The van der Waals surface area contributed by atoms with Gasteiger partial charge in [-0.15, -0.1) is 0 Å². The smallest absolute Gasteiger partial charge is 0.249 e. The molecule has 1 spiro atoms. The molecule has 1 saturated heterocycles. The number of nitrogens with zero attached hydrogens (tertiary/aromatic N) is 2. The first-order valence-electron chi connectivity index (χ1n) is 5.37. The molecule has 3 nitrogen and oxygen atoms in total. The molecule has 1 saturated carbocycles. The lowest BCUT2D eigenvalue weighted by molar-refractivity contribution is 0.564. The van der Waals surface area contributed by atoms with E-state index in [1.807, 2.05) is 12.3 Å². The number of nitrogens with one attached hydrogen (secondary N) is 1. The Balaban J connectivity index is 1.92. The molecule has 2 heterocycles. The zero-order valence-corrected chi connectivity index (χ0v) is 8.48. The van der Waals surface area contributed by atoms with Crippen LogP contribution in [0.1, 0.15) is 24.3 Å². The van der Waals surface area contributed by atoms with E-state index in [1.54, 1.807) is 6.20 Å². The van der Waals surface area contributed by atoms with Crippen LogP contribution < -0.4 is 5.32 Å². The summed E-state index contributed by atoms with van der Waals surface area (Å²) >= 11 is 0. The molecule has 0 aromatic carbocycles. The highest BCUT2D eigenvalue weighted by atomic mass is 15.1. The maximum atomic E-state index is 7.34. The van der Waals surface area contributed by atoms with E-state index in [9.17, 15) is 0 Å². The second kappa shape index (κ2) is 3.04. The van der Waals surface area contributed by atoms with Crippen molar-refractivity contribution in [2.45, 2.75) is 30.3 Å². The number of pyridine rings is 1. The van der Waals surface area contributed by atoms with Gasteiger partial charge in [-0.05, 0) is 24.5 Å². The second-order valence-corrected chi connectivity index (χ2v) is 4.50. The molecule has 3 rings (SSSR count). The van der Waals surface area contributed by atoms with E-state index in [2.05, 4.69) is 21.2 Å². The summed E-state index contributed by atoms with van der Waals surface area (Å²) < 4.78 is 0. The molecule has 1 aliphatic carbocycles. The Kier molecular flexibility index (Phi) is 1.80. The number of hydrogen-bond donors (Lipinski definition) is 1. The van der Waals surface area contributed by atoms with Crippen LogP contribution >= 0.6 is 0 Å². The van der Waals surface area contributed by atoms with Crippen molar-refractivity contribution in [2.24, 2.45) is 0 Å². The molecule has 2 fully saturated rings. The summed E-state index contributed by atoms with van der Waals surface area (Å²) in [5.41, 5.74) is 1.36. The molecule has 1 N–H and O–H groups in total. The third kappa shape index (κ3) is 1.25. The van der Waals surface area contributed by atoms with Gasteiger partial charge in [0.2, 0.25) is 6.04 Å². The number of hydrogen-bond acceptors (Lipinski definition) is 2. The molecule has 1 aromatic heterocycles. The van der Waals surface area contributed by atoms with E-state index in [4.69, 9.17) is 6.57 Å². The Bertz CT molecular complexity index is 403. The predicted molar refractivity (Wildman–Crippen MR) is 57.3 cm³/mol. The summed E-state index contributed by atoms with van der Waals surface area (Å²) in [5, 5.41) is 3.52. The van der Waals surface area contributed by atoms with E-state index < -0.39 is 0 Å². The van der Waals surface area contributed by atoms with Crippen LogP contribution in [0.4, 0.5) is 0 Å². The molecule has 1 aromatic rings. The highest BCUT2D eigenvalue weighted by molar-refractivity contribution is 5.31. The maximum absolute atomic E-state index is 7.34. The van der Waals surface area contributed by atoms with Gasteiger partial charge in [0.05, 0.1) is 11.5 Å². The first-order valence-corrected chi connectivity index (χ1v) is 5.37. The SMILES string of the molecule is [C-]#[N+][C@H]1[C@H](c2cccnc2)CNC12CC2. The quantitative estimate of drug-likeness (QED) is 0.696. The fraction of sp³-hybridized carbons (Fsp3) is 0.500. The fourth-order valence-corrected chi connectivity index (χ4v) is 2.63. The van der Waals surface area contributed by atoms with Crippen LogP contribution in [0.25, 0.3) is 4.85 Å². The highest BCUT2D eigenvalue weighted by Crippen LogP contribution is 2.49. The minimum absolute atomic E-state index is 0.113. The lowest BCUT2D eigenvalue weighted by atomic mass is 9.92. The summed E-state index contributed by atoms with van der Waals surface area (Å²) in [4.78, 5) is 7.96. The number of rotatable bonds is 1. The molecular formula is C12H13N3. The van der Waals surface area contributed by atoms with Crippen molar-refractivity contribution in [2.75, 3.05) is 6.54 Å². The minimum atomic E-state index is 0.113. The van der Waals surface area contributed by atoms with E-state index in [0.717, 1.165) is 19.4 Å². The molecule has 0 unspecified atom stereocenters. The predicted octanol–water partition coefficient (Wildman–Crippen LogP) is 1.59. The molecule has 15 heavy (non-hydrogen) atoms. The van der Waals surface area contributed by atoms with Gasteiger partial charge in [-0.3, -0.25) is 4.98 Å². The van der Waals surface area contributed by atoms with E-state index in [0.29, 0.717) is 5.92 Å². The van der Waals surface area contributed by atoms with Crippen LogP contribution in [0.15, 0.2) is 24.5 Å². The van der Waals surface area contributed by atoms with Crippen LogP contribution in [-0.4, -0.2) is 23.1 Å². The van der Waals surface area contributed by atoms with Gasteiger partial charge in [-0.25, -0.2) is 6.57 Å². The van der Waals surface area contributed by atoms with Gasteiger partial charge in [-0.2, -0.15) is 0 Å². The van der Waals surface area contributed by atoms with Crippen molar-refractivity contribution in [3.05, 3.63) is 41.5 Å². The van der Waals surface area contributed by atoms with E-state index in [1.165, 1.54) is 5.56 Å². The molecule has 1 aliphatic heterocycles. The number of aromatic nitrogens is 1. The lowest BCUT2D eigenvalue weighted by Gasteiger charge is -2.11. The van der Waals surface area contributed by atoms with Crippen LogP contribution in [0, 0.1) is 6.57 Å². The Morgan fingerprint density at radius 3 is 3.00 bits per heavy atom. The van der Waals surface area contributed by atoms with Crippen molar-refractivity contribution in [1.82, 2.24) is 10.3 Å². The van der Waals surface area contributed by atoms with Gasteiger partial charge in [0.15, 0.2) is 0 Å². The summed E-state index contributed by atoms with van der Waals surface area (Å²) in [6.45, 7) is 8.27. The van der Waals surface area contributed by atoms with Crippen molar-refractivity contribution in [3.8, 4) is 0 Å². The van der Waals surface area contributed by atoms with Crippen LogP contribution in [0.5, 0.6) is 0 Å². The summed E-state index contributed by atoms with van der Waals surface area (Å²) in [6, 6.07) is 4.15. The van der Waals surface area contributed by atoms with Crippen LogP contribution in [0.2, 0.25) is 0 Å². The largest absolute Gasteiger partial charge is 0.311 e. The zero-order valence-electron chi connectivity index (χ0n) is 8.48. The van der Waals surface area contributed by atoms with Crippen molar-refractivity contribution in [3.63, 3.8) is 0 Å². The summed E-state index contributed by atoms with van der Waals surface area (Å²) in [7, 11) is 0. The second-order valence-electron chi connectivity index (χ2n) is 4.50. The van der Waals surface area contributed by atoms with Gasteiger partial charge in [0, 0.05) is 18.9 Å². The molecule has 0 radical (unpaired) electrons. The maximum Gasteiger partial charge on any atom is 0.249 e. The first kappa shape index (κ1) is 8.87. The van der Waals surface area contributed by atoms with Crippen molar-refractivity contribution < 1.29 is 0 Å². The van der Waals surface area contributed by atoms with Gasteiger partial charge < -0.3 is 10.2 Å². The molecule has 3 heteroatoms. The van der Waals surface area contributed by atoms with Gasteiger partial charge in [0.25, 0.3) is 0 Å². The molecule has 0 amide bonds. The zero-order chi connectivity index (χ0) is 10.3. The molecule has 2 aliphatic rings. The summed E-state index contributed by atoms with van der Waals surface area (Å²) in [6.07, 6.45) is 6.01. The third-order valence-corrected chi connectivity index (χ3v) is 3.66. The van der Waals surface area contributed by atoms with Crippen molar-refractivity contribution in [1.29, 1.82) is 0 Å². The molecular weight excluding hydrogens is 186 g/mol. The fourth-order valence-electron chi connectivity index (χ4n) is 2.63. The topological polar surface area (TPSA) is 29.3 Å². The highest BCUT2D eigenvalue weighted by Gasteiger charge is 2.61. The minimum Gasteiger partial charge on any atom is -0.311 e. The third-order valence-electron chi connectivity index (χ3n) is 3.66. The molecule has 0 bridgehead atoms. The van der Waals surface area contributed by atoms with Gasteiger partial charge in [0.1, 0.15) is 0 Å². The van der Waals surface area contributed by atoms with Crippen molar-refractivity contribution >= 4 is 0 Å².